The van der Waals surface area contributed by atoms with Crippen LogP contribution >= 0.6 is 15.9 Å². The lowest BCUT2D eigenvalue weighted by molar-refractivity contribution is -0.159. The van der Waals surface area contributed by atoms with Crippen molar-refractivity contribution in [2.75, 3.05) is 26.2 Å². The summed E-state index contributed by atoms with van der Waals surface area (Å²) in [7, 11) is 0. The van der Waals surface area contributed by atoms with Crippen molar-refractivity contribution >= 4 is 39.6 Å². The molecule has 1 unspecified atom stereocenters. The summed E-state index contributed by atoms with van der Waals surface area (Å²) in [5.41, 5.74) is -1.19. The second-order valence-electron chi connectivity index (χ2n) is 10.5. The molecule has 0 aliphatic carbocycles. The fourth-order valence-corrected chi connectivity index (χ4v) is 6.85. The number of halogens is 1. The quantitative estimate of drug-likeness (QED) is 0.177. The minimum Gasteiger partial charge on any atom is -0.460 e. The molecule has 0 aromatic heterocycles. The Bertz CT molecular complexity index is 944. The first-order chi connectivity index (χ1) is 18.0. The first kappa shape index (κ1) is 30.3. The minimum atomic E-state index is -1.19. The van der Waals surface area contributed by atoms with E-state index in [-0.39, 0.29) is 48.3 Å². The highest BCUT2D eigenvalue weighted by molar-refractivity contribution is 9.09. The van der Waals surface area contributed by atoms with Crippen molar-refractivity contribution in [1.82, 2.24) is 15.1 Å². The van der Waals surface area contributed by atoms with E-state index in [1.54, 1.807) is 24.0 Å². The third-order valence-corrected chi connectivity index (χ3v) is 8.41. The first-order valence-corrected chi connectivity index (χ1v) is 14.2. The van der Waals surface area contributed by atoms with Gasteiger partial charge in [0.05, 0.1) is 24.5 Å². The molecule has 3 saturated heterocycles. The number of nitrogens with zero attached hydrogens (tertiary/aromatic N) is 2. The number of fused-ring (bicyclic) bond motifs is 1. The summed E-state index contributed by atoms with van der Waals surface area (Å²) in [5.74, 6) is -3.15. The summed E-state index contributed by atoms with van der Waals surface area (Å²) in [6.45, 7) is 13.3. The molecule has 38 heavy (non-hydrogen) atoms. The van der Waals surface area contributed by atoms with Gasteiger partial charge in [-0.3, -0.25) is 19.2 Å². The van der Waals surface area contributed by atoms with Crippen LogP contribution in [0.3, 0.4) is 0 Å². The smallest absolute Gasteiger partial charge is 0.312 e. The van der Waals surface area contributed by atoms with Crippen LogP contribution in [0.5, 0.6) is 0 Å². The second kappa shape index (κ2) is 12.7. The monoisotopic (exact) mass is 597 g/mol. The van der Waals surface area contributed by atoms with Gasteiger partial charge in [-0.2, -0.15) is 0 Å². The molecule has 0 aromatic carbocycles. The third kappa shape index (κ3) is 5.70. The number of rotatable bonds is 14. The van der Waals surface area contributed by atoms with E-state index in [0.29, 0.717) is 32.2 Å². The van der Waals surface area contributed by atoms with E-state index in [1.807, 2.05) is 13.8 Å². The van der Waals surface area contributed by atoms with Crippen LogP contribution in [0.25, 0.3) is 0 Å². The number of aliphatic hydroxyl groups is 1. The molecule has 3 amide bonds. The maximum Gasteiger partial charge on any atom is 0.312 e. The Morgan fingerprint density at radius 3 is 2.63 bits per heavy atom. The topological polar surface area (TPSA) is 125 Å². The van der Waals surface area contributed by atoms with Crippen molar-refractivity contribution in [3.63, 3.8) is 0 Å². The number of aliphatic hydroxyl groups excluding tert-OH is 1. The number of carbonyl (C=O) groups is 4. The van der Waals surface area contributed by atoms with Crippen LogP contribution in [0.15, 0.2) is 25.3 Å². The second-order valence-corrected chi connectivity index (χ2v) is 11.7. The molecular formula is C27H40BrN3O7. The SMILES string of the molecule is C=CCCC(=O)NC[C@@H](C)OC(=O)[C@H]1[C@@H]2O[C@@]3(CC2Br)[C@@H]1C(=O)N(CCCO)[C@@H]3C(=O)N(CC=C)C(C)C. The Morgan fingerprint density at radius 2 is 2.03 bits per heavy atom. The van der Waals surface area contributed by atoms with Crippen molar-refractivity contribution in [3.05, 3.63) is 25.3 Å². The van der Waals surface area contributed by atoms with Crippen molar-refractivity contribution in [2.24, 2.45) is 11.8 Å². The number of amides is 3. The number of allylic oxidation sites excluding steroid dienone is 1. The van der Waals surface area contributed by atoms with E-state index in [9.17, 15) is 24.3 Å². The zero-order chi connectivity index (χ0) is 28.2. The minimum absolute atomic E-state index is 0.135. The molecule has 11 heteroatoms. The molecule has 3 aliphatic rings. The summed E-state index contributed by atoms with van der Waals surface area (Å²) in [5, 5.41) is 12.2. The molecule has 3 fully saturated rings. The zero-order valence-corrected chi connectivity index (χ0v) is 24.0. The van der Waals surface area contributed by atoms with Gasteiger partial charge in [0.2, 0.25) is 17.7 Å². The maximum atomic E-state index is 14.0. The average Bonchev–Trinajstić information content (AvgIpc) is 3.46. The number of carbonyl (C=O) groups excluding carboxylic acids is 4. The van der Waals surface area contributed by atoms with Gasteiger partial charge in [-0.25, -0.2) is 0 Å². The van der Waals surface area contributed by atoms with Gasteiger partial charge in [0.25, 0.3) is 0 Å². The average molecular weight is 599 g/mol. The molecule has 2 N–H and O–H groups in total. The summed E-state index contributed by atoms with van der Waals surface area (Å²) in [6, 6.07) is -1.08. The number of ether oxygens (including phenoxy) is 2. The van der Waals surface area contributed by atoms with Gasteiger partial charge in [-0.15, -0.1) is 13.2 Å². The van der Waals surface area contributed by atoms with Gasteiger partial charge in [-0.1, -0.05) is 28.1 Å². The van der Waals surface area contributed by atoms with Gasteiger partial charge in [-0.05, 0) is 40.0 Å². The molecular weight excluding hydrogens is 558 g/mol. The number of alkyl halides is 1. The maximum absolute atomic E-state index is 14.0. The molecule has 0 radical (unpaired) electrons. The highest BCUT2D eigenvalue weighted by atomic mass is 79.9. The van der Waals surface area contributed by atoms with Crippen LogP contribution in [-0.2, 0) is 28.7 Å². The van der Waals surface area contributed by atoms with Crippen LogP contribution in [0.2, 0.25) is 0 Å². The normalized spacial score (nSPS) is 30.2. The van der Waals surface area contributed by atoms with Crippen LogP contribution in [0.4, 0.5) is 0 Å². The molecule has 3 heterocycles. The summed E-state index contributed by atoms with van der Waals surface area (Å²) >= 11 is 3.63. The number of esters is 1. The van der Waals surface area contributed by atoms with E-state index >= 15 is 0 Å². The van der Waals surface area contributed by atoms with Gasteiger partial charge in [0.15, 0.2) is 0 Å². The highest BCUT2D eigenvalue weighted by Gasteiger charge is 2.77. The van der Waals surface area contributed by atoms with Gasteiger partial charge in [0, 0.05) is 37.0 Å². The van der Waals surface area contributed by atoms with Crippen molar-refractivity contribution < 1.29 is 33.8 Å². The van der Waals surface area contributed by atoms with Crippen LogP contribution in [0, 0.1) is 11.8 Å². The highest BCUT2D eigenvalue weighted by Crippen LogP contribution is 2.60. The van der Waals surface area contributed by atoms with E-state index in [2.05, 4.69) is 34.4 Å². The van der Waals surface area contributed by atoms with Crippen molar-refractivity contribution in [2.45, 2.75) is 81.2 Å². The van der Waals surface area contributed by atoms with Gasteiger partial charge in [0.1, 0.15) is 17.7 Å². The van der Waals surface area contributed by atoms with E-state index in [1.165, 1.54) is 4.90 Å². The van der Waals surface area contributed by atoms with Crippen LogP contribution < -0.4 is 5.32 Å². The Balaban J connectivity index is 1.86. The van der Waals surface area contributed by atoms with E-state index in [0.717, 1.165) is 0 Å². The molecule has 2 bridgehead atoms. The predicted octanol–water partition coefficient (Wildman–Crippen LogP) is 1.55. The molecule has 0 saturated carbocycles. The van der Waals surface area contributed by atoms with Gasteiger partial charge >= 0.3 is 5.97 Å². The third-order valence-electron chi connectivity index (χ3n) is 7.56. The molecule has 0 aromatic rings. The Kier molecular flexibility index (Phi) is 10.2. The Morgan fingerprint density at radius 1 is 1.32 bits per heavy atom. The van der Waals surface area contributed by atoms with Crippen LogP contribution in [0.1, 0.15) is 46.5 Å². The zero-order valence-electron chi connectivity index (χ0n) is 22.4. The number of nitrogens with one attached hydrogen (secondary N) is 1. The number of hydrogen-bond donors (Lipinski definition) is 2. The lowest BCUT2D eigenvalue weighted by Crippen LogP contribution is -2.58. The first-order valence-electron chi connectivity index (χ1n) is 13.3. The van der Waals surface area contributed by atoms with Crippen LogP contribution in [-0.4, -0.2) is 99.6 Å². The van der Waals surface area contributed by atoms with E-state index in [4.69, 9.17) is 9.47 Å². The van der Waals surface area contributed by atoms with E-state index < -0.39 is 41.7 Å². The predicted molar refractivity (Wildman–Crippen MR) is 144 cm³/mol. The fraction of sp³-hybridized carbons (Fsp3) is 0.704. The molecule has 3 rings (SSSR count). The van der Waals surface area contributed by atoms with Crippen molar-refractivity contribution in [1.29, 1.82) is 0 Å². The molecule has 7 atom stereocenters. The molecule has 3 aliphatic heterocycles. The number of hydrogen-bond acceptors (Lipinski definition) is 7. The Hall–Kier alpha value is -2.24. The number of likely N-dealkylation sites (tertiary alicyclic amines) is 1. The summed E-state index contributed by atoms with van der Waals surface area (Å²) in [4.78, 5) is 56.1. The Labute approximate surface area is 232 Å². The lowest BCUT2D eigenvalue weighted by atomic mass is 9.70. The standard InChI is InChI=1S/C27H40BrN3O7/c1-6-8-10-19(33)29-15-17(5)37-26(36)20-21-24(34)31(12-9-13-32)23(25(35)30(11-7-2)16(3)4)27(21)14-18(28)22(20)38-27/h6-7,16-18,20-23,32H,1-2,8-15H2,3-5H3,(H,29,33)/t17-,18?,20-,21+,22-,23-,27+/m1/s1. The molecule has 10 nitrogen and oxygen atoms in total. The largest absolute Gasteiger partial charge is 0.460 e. The summed E-state index contributed by atoms with van der Waals surface area (Å²) in [6.07, 6.45) is 3.57. The van der Waals surface area contributed by atoms with Crippen molar-refractivity contribution in [3.8, 4) is 0 Å². The fourth-order valence-electron chi connectivity index (χ4n) is 5.91. The molecule has 1 spiro atoms. The van der Waals surface area contributed by atoms with Gasteiger partial charge < -0.3 is 29.7 Å². The summed E-state index contributed by atoms with van der Waals surface area (Å²) < 4.78 is 12.1. The lowest BCUT2D eigenvalue weighted by Gasteiger charge is -2.38. The molecule has 212 valence electrons.